The molecule has 1 aliphatic rings. The van der Waals surface area contributed by atoms with Gasteiger partial charge in [-0.15, -0.1) is 0 Å². The Morgan fingerprint density at radius 3 is 2.65 bits per heavy atom. The molecule has 1 nitrogen and oxygen atoms in total. The van der Waals surface area contributed by atoms with Crippen LogP contribution in [-0.2, 0) is 4.79 Å². The van der Waals surface area contributed by atoms with Gasteiger partial charge in [0, 0.05) is 17.6 Å². The van der Waals surface area contributed by atoms with Crippen molar-refractivity contribution in [2.24, 2.45) is 0 Å². The van der Waals surface area contributed by atoms with Crippen LogP contribution >= 0.6 is 0 Å². The largest absolute Gasteiger partial charge is 0.299 e. The first-order chi connectivity index (χ1) is 8.07. The van der Waals surface area contributed by atoms with E-state index < -0.39 is 11.5 Å². The van der Waals surface area contributed by atoms with Crippen LogP contribution in [0.5, 0.6) is 0 Å². The number of hydrogen-bond acceptors (Lipinski definition) is 1. The molecule has 0 saturated carbocycles. The summed E-state index contributed by atoms with van der Waals surface area (Å²) < 4.78 is 28.0. The lowest BCUT2D eigenvalue weighted by atomic mass is 9.82. The Balaban J connectivity index is 2.57. The molecule has 0 aromatic heterocycles. The van der Waals surface area contributed by atoms with E-state index in [0.717, 1.165) is 5.57 Å². The monoisotopic (exact) mass is 234 g/mol. The molecule has 0 heterocycles. The van der Waals surface area contributed by atoms with Crippen molar-refractivity contribution in [2.45, 2.75) is 19.0 Å². The van der Waals surface area contributed by atoms with Crippen LogP contribution in [0.25, 0.3) is 5.57 Å². The average molecular weight is 234 g/mol. The van der Waals surface area contributed by atoms with Crippen molar-refractivity contribution in [1.82, 2.24) is 0 Å². The lowest BCUT2D eigenvalue weighted by Crippen LogP contribution is -2.29. The summed E-state index contributed by atoms with van der Waals surface area (Å²) in [7, 11) is 0. The normalized spacial score (nSPS) is 23.9. The Morgan fingerprint density at radius 1 is 1.29 bits per heavy atom. The second-order valence-electron chi connectivity index (χ2n) is 4.23. The van der Waals surface area contributed by atoms with Gasteiger partial charge in [0.25, 0.3) is 0 Å². The molecule has 0 aliphatic heterocycles. The highest BCUT2D eigenvalue weighted by Crippen LogP contribution is 2.38. The first kappa shape index (κ1) is 11.7. The SMILES string of the molecule is CC1=CC=C(c2ccccc2F)C(F)(C=O)C1. The highest BCUT2D eigenvalue weighted by atomic mass is 19.1. The zero-order chi connectivity index (χ0) is 12.5. The van der Waals surface area contributed by atoms with Gasteiger partial charge < -0.3 is 0 Å². The fourth-order valence-electron chi connectivity index (χ4n) is 2.02. The molecule has 0 bridgehead atoms. The highest BCUT2D eigenvalue weighted by Gasteiger charge is 2.37. The minimum Gasteiger partial charge on any atom is -0.299 e. The maximum absolute atomic E-state index is 14.4. The van der Waals surface area contributed by atoms with Crippen molar-refractivity contribution < 1.29 is 13.6 Å². The van der Waals surface area contributed by atoms with Crippen molar-refractivity contribution >= 4 is 11.9 Å². The third-order valence-electron chi connectivity index (χ3n) is 2.87. The minimum atomic E-state index is -2.12. The van der Waals surface area contributed by atoms with Gasteiger partial charge in [-0.3, -0.25) is 4.79 Å². The molecule has 17 heavy (non-hydrogen) atoms. The smallest absolute Gasteiger partial charge is 0.195 e. The van der Waals surface area contributed by atoms with Gasteiger partial charge in [-0.05, 0) is 13.0 Å². The number of benzene rings is 1. The summed E-state index contributed by atoms with van der Waals surface area (Å²) in [4.78, 5) is 11.0. The van der Waals surface area contributed by atoms with Crippen LogP contribution in [0.2, 0.25) is 0 Å². The van der Waals surface area contributed by atoms with Gasteiger partial charge in [0.05, 0.1) is 0 Å². The summed E-state index contributed by atoms with van der Waals surface area (Å²) in [6.07, 6.45) is 3.42. The van der Waals surface area contributed by atoms with Gasteiger partial charge in [-0.1, -0.05) is 35.9 Å². The van der Waals surface area contributed by atoms with E-state index in [1.54, 1.807) is 19.1 Å². The number of hydrogen-bond donors (Lipinski definition) is 0. The number of aldehydes is 1. The topological polar surface area (TPSA) is 17.1 Å². The summed E-state index contributed by atoms with van der Waals surface area (Å²) in [6, 6.07) is 5.89. The van der Waals surface area contributed by atoms with Crippen LogP contribution in [0, 0.1) is 5.82 Å². The second-order valence-corrected chi connectivity index (χ2v) is 4.23. The summed E-state index contributed by atoms with van der Waals surface area (Å²) in [5.74, 6) is -0.518. The first-order valence-electron chi connectivity index (χ1n) is 5.35. The molecule has 2 rings (SSSR count). The van der Waals surface area contributed by atoms with Crippen molar-refractivity contribution in [1.29, 1.82) is 0 Å². The van der Waals surface area contributed by atoms with Crippen molar-refractivity contribution in [2.75, 3.05) is 0 Å². The van der Waals surface area contributed by atoms with Gasteiger partial charge in [0.2, 0.25) is 0 Å². The second kappa shape index (κ2) is 4.24. The van der Waals surface area contributed by atoms with Crippen molar-refractivity contribution in [3.05, 3.63) is 53.4 Å². The molecule has 0 radical (unpaired) electrons. The Labute approximate surface area is 98.5 Å². The molecule has 0 spiro atoms. The van der Waals surface area contributed by atoms with E-state index in [0.29, 0.717) is 0 Å². The van der Waals surface area contributed by atoms with E-state index in [-0.39, 0.29) is 23.8 Å². The summed E-state index contributed by atoms with van der Waals surface area (Å²) >= 11 is 0. The van der Waals surface area contributed by atoms with E-state index >= 15 is 0 Å². The number of halogens is 2. The molecule has 3 heteroatoms. The fraction of sp³-hybridized carbons (Fsp3) is 0.214. The third kappa shape index (κ3) is 2.05. The molecule has 0 fully saturated rings. The number of rotatable bonds is 2. The van der Waals surface area contributed by atoms with Gasteiger partial charge in [0.1, 0.15) is 5.82 Å². The first-order valence-corrected chi connectivity index (χ1v) is 5.35. The molecule has 88 valence electrons. The van der Waals surface area contributed by atoms with Crippen LogP contribution in [-0.4, -0.2) is 12.0 Å². The molecule has 0 amide bonds. The summed E-state index contributed by atoms with van der Waals surface area (Å²) in [5.41, 5.74) is -1.12. The van der Waals surface area contributed by atoms with Crippen molar-refractivity contribution in [3.63, 3.8) is 0 Å². The molecule has 1 aliphatic carbocycles. The van der Waals surface area contributed by atoms with E-state index in [9.17, 15) is 13.6 Å². The molecule has 0 N–H and O–H groups in total. The van der Waals surface area contributed by atoms with Gasteiger partial charge >= 0.3 is 0 Å². The van der Waals surface area contributed by atoms with E-state index in [4.69, 9.17) is 0 Å². The summed E-state index contributed by atoms with van der Waals surface area (Å²) in [6.45, 7) is 1.74. The van der Waals surface area contributed by atoms with Crippen LogP contribution in [0.1, 0.15) is 18.9 Å². The lowest BCUT2D eigenvalue weighted by molar-refractivity contribution is -0.114. The van der Waals surface area contributed by atoms with Crippen LogP contribution in [0.4, 0.5) is 8.78 Å². The minimum absolute atomic E-state index is 0.0172. The lowest BCUT2D eigenvalue weighted by Gasteiger charge is -2.26. The van der Waals surface area contributed by atoms with E-state index in [1.807, 2.05) is 0 Å². The Kier molecular flexibility index (Phi) is 2.92. The van der Waals surface area contributed by atoms with Crippen LogP contribution in [0.3, 0.4) is 0 Å². The molecular formula is C14H12F2O. The Bertz CT molecular complexity index is 517. The standard InChI is InChI=1S/C14H12F2O/c1-10-6-7-12(14(16,8-10)9-17)11-4-2-3-5-13(11)15/h2-7,9H,8H2,1H3. The fourth-order valence-corrected chi connectivity index (χ4v) is 2.02. The maximum Gasteiger partial charge on any atom is 0.195 e. The highest BCUT2D eigenvalue weighted by molar-refractivity contribution is 5.90. The summed E-state index contributed by atoms with van der Waals surface area (Å²) in [5, 5.41) is 0. The predicted octanol–water partition coefficient (Wildman–Crippen LogP) is 3.47. The third-order valence-corrected chi connectivity index (χ3v) is 2.87. The zero-order valence-electron chi connectivity index (χ0n) is 9.41. The van der Waals surface area contributed by atoms with Gasteiger partial charge in [0.15, 0.2) is 12.0 Å². The number of allylic oxidation sites excluding steroid dienone is 4. The molecule has 1 aromatic rings. The molecule has 1 atom stereocenters. The number of carbonyl (C=O) groups is 1. The molecule has 1 aromatic carbocycles. The van der Waals surface area contributed by atoms with Gasteiger partial charge in [-0.2, -0.15) is 0 Å². The number of carbonyl (C=O) groups excluding carboxylic acids is 1. The molecular weight excluding hydrogens is 222 g/mol. The van der Waals surface area contributed by atoms with Crippen LogP contribution < -0.4 is 0 Å². The quantitative estimate of drug-likeness (QED) is 0.716. The Morgan fingerprint density at radius 2 is 2.00 bits per heavy atom. The zero-order valence-corrected chi connectivity index (χ0v) is 9.41. The van der Waals surface area contributed by atoms with E-state index in [2.05, 4.69) is 0 Å². The maximum atomic E-state index is 14.4. The molecule has 1 unspecified atom stereocenters. The number of alkyl halides is 1. The van der Waals surface area contributed by atoms with Gasteiger partial charge in [-0.25, -0.2) is 8.78 Å². The van der Waals surface area contributed by atoms with Crippen LogP contribution in [0.15, 0.2) is 42.0 Å². The van der Waals surface area contributed by atoms with E-state index in [1.165, 1.54) is 24.3 Å². The average Bonchev–Trinajstić information content (AvgIpc) is 2.31. The molecule has 0 saturated heterocycles. The predicted molar refractivity (Wildman–Crippen MR) is 62.7 cm³/mol. The Hall–Kier alpha value is -1.77. The van der Waals surface area contributed by atoms with Crippen molar-refractivity contribution in [3.8, 4) is 0 Å².